The van der Waals surface area contributed by atoms with Crippen molar-refractivity contribution in [1.29, 1.82) is 5.26 Å². The van der Waals surface area contributed by atoms with Crippen LogP contribution in [0.15, 0.2) is 29.1 Å². The van der Waals surface area contributed by atoms with Crippen LogP contribution in [-0.2, 0) is 16.1 Å². The summed E-state index contributed by atoms with van der Waals surface area (Å²) < 4.78 is 1.67. The van der Waals surface area contributed by atoms with E-state index in [9.17, 15) is 19.5 Å². The predicted molar refractivity (Wildman–Crippen MR) is 132 cm³/mol. The molecule has 1 aliphatic heterocycles. The summed E-state index contributed by atoms with van der Waals surface area (Å²) in [6, 6.07) is 8.72. The lowest BCUT2D eigenvalue weighted by Gasteiger charge is -2.32. The van der Waals surface area contributed by atoms with Crippen molar-refractivity contribution in [3.63, 3.8) is 0 Å². The number of benzene rings is 1. The molecule has 11 heteroatoms. The molecule has 1 fully saturated rings. The number of nitrogens with one attached hydrogen (secondary N) is 2. The number of rotatable bonds is 8. The van der Waals surface area contributed by atoms with Crippen LogP contribution in [0.1, 0.15) is 13.3 Å². The van der Waals surface area contributed by atoms with Crippen molar-refractivity contribution in [2.45, 2.75) is 19.9 Å². The maximum absolute atomic E-state index is 12.6. The number of anilines is 2. The third-order valence-electron chi connectivity index (χ3n) is 5.55. The number of hydrogen-bond acceptors (Lipinski definition) is 8. The van der Waals surface area contributed by atoms with E-state index in [2.05, 4.69) is 27.5 Å². The zero-order valence-electron chi connectivity index (χ0n) is 19.2. The average Bonchev–Trinajstić information content (AvgIpc) is 3.13. The lowest BCUT2D eigenvalue weighted by molar-refractivity contribution is -0.130. The molecule has 0 bridgehead atoms. The van der Waals surface area contributed by atoms with Gasteiger partial charge in [-0.05, 0) is 38.2 Å². The van der Waals surface area contributed by atoms with E-state index < -0.39 is 11.5 Å². The summed E-state index contributed by atoms with van der Waals surface area (Å²) in [5.41, 5.74) is 0.538. The standard InChI is InChI=1S/C23H28N6O4S/c1-3-29-21(31)19(34-22(29)18(14-24)23(32)33)15-25-16-4-6-17(7-5-16)26-20(30)8-9-28-12-10-27(2)11-13-28/h4-7,15,25H,3,8-13H2,1-2H3,(H,26,30)(H,32,33). The summed E-state index contributed by atoms with van der Waals surface area (Å²) in [4.78, 5) is 40.7. The number of nitriles is 1. The smallest absolute Gasteiger partial charge is 0.349 e. The van der Waals surface area contributed by atoms with Crippen molar-refractivity contribution in [3.8, 4) is 6.07 Å². The van der Waals surface area contributed by atoms with Crippen molar-refractivity contribution in [2.75, 3.05) is 50.4 Å². The Bertz CT molecular complexity index is 1250. The Hall–Kier alpha value is -3.46. The number of thiazole rings is 1. The van der Waals surface area contributed by atoms with Crippen LogP contribution in [0.25, 0.3) is 11.8 Å². The van der Waals surface area contributed by atoms with Crippen LogP contribution in [0, 0.1) is 11.3 Å². The summed E-state index contributed by atoms with van der Waals surface area (Å²) >= 11 is 0.948. The Labute approximate surface area is 201 Å². The molecule has 0 radical (unpaired) electrons. The number of hydrogen-bond donors (Lipinski definition) is 3. The number of carbonyl (C=O) groups is 2. The van der Waals surface area contributed by atoms with Gasteiger partial charge in [-0.2, -0.15) is 5.26 Å². The number of carboxylic acids is 1. The highest BCUT2D eigenvalue weighted by Crippen LogP contribution is 2.14. The van der Waals surface area contributed by atoms with Crippen LogP contribution in [0.5, 0.6) is 0 Å². The van der Waals surface area contributed by atoms with E-state index in [1.807, 2.05) is 0 Å². The number of carbonyl (C=O) groups excluding carboxylic acids is 1. The molecule has 0 aliphatic carbocycles. The van der Waals surface area contributed by atoms with Crippen molar-refractivity contribution in [2.24, 2.45) is 0 Å². The quantitative estimate of drug-likeness (QED) is 0.482. The lowest BCUT2D eigenvalue weighted by Crippen LogP contribution is -2.45. The van der Waals surface area contributed by atoms with Crippen molar-refractivity contribution >= 4 is 46.4 Å². The van der Waals surface area contributed by atoms with Gasteiger partial charge in [-0.3, -0.25) is 14.2 Å². The highest BCUT2D eigenvalue weighted by Gasteiger charge is 2.15. The molecule has 1 aliphatic rings. The number of piperazine rings is 1. The predicted octanol–water partition coefficient (Wildman–Crippen LogP) is 0.115. The number of aromatic nitrogens is 1. The summed E-state index contributed by atoms with van der Waals surface area (Å²) in [7, 11) is 2.10. The molecule has 34 heavy (non-hydrogen) atoms. The summed E-state index contributed by atoms with van der Waals surface area (Å²) in [5, 5.41) is 24.3. The molecule has 0 atom stereocenters. The second kappa shape index (κ2) is 11.6. The monoisotopic (exact) mass is 484 g/mol. The van der Waals surface area contributed by atoms with Crippen LogP contribution < -0.4 is 25.4 Å². The van der Waals surface area contributed by atoms with Gasteiger partial charge in [0, 0.05) is 63.3 Å². The molecule has 2 aromatic rings. The molecule has 0 spiro atoms. The number of carboxylic acid groups (broad SMARTS) is 1. The Kier molecular flexibility index (Phi) is 8.59. The molecule has 1 amide bonds. The van der Waals surface area contributed by atoms with Crippen LogP contribution >= 0.6 is 11.3 Å². The van der Waals surface area contributed by atoms with E-state index in [0.29, 0.717) is 17.8 Å². The molecule has 1 saturated heterocycles. The lowest BCUT2D eigenvalue weighted by atomic mass is 10.2. The van der Waals surface area contributed by atoms with Gasteiger partial charge < -0.3 is 25.5 Å². The van der Waals surface area contributed by atoms with E-state index in [-0.39, 0.29) is 27.2 Å². The van der Waals surface area contributed by atoms with Gasteiger partial charge in [-0.1, -0.05) is 0 Å². The van der Waals surface area contributed by atoms with Crippen LogP contribution in [0.3, 0.4) is 0 Å². The first kappa shape index (κ1) is 25.2. The van der Waals surface area contributed by atoms with Gasteiger partial charge in [0.2, 0.25) is 5.91 Å². The van der Waals surface area contributed by atoms with Gasteiger partial charge in [0.05, 0.1) is 0 Å². The van der Waals surface area contributed by atoms with Crippen molar-refractivity contribution < 1.29 is 14.7 Å². The first-order valence-electron chi connectivity index (χ1n) is 11.0. The highest BCUT2D eigenvalue weighted by molar-refractivity contribution is 7.07. The van der Waals surface area contributed by atoms with Crippen molar-refractivity contribution in [3.05, 3.63) is 43.8 Å². The zero-order chi connectivity index (χ0) is 24.7. The largest absolute Gasteiger partial charge is 0.477 e. The molecule has 2 heterocycles. The topological polar surface area (TPSA) is 131 Å². The first-order valence-corrected chi connectivity index (χ1v) is 11.8. The number of aliphatic carboxylic acids is 1. The highest BCUT2D eigenvalue weighted by atomic mass is 32.1. The molecule has 3 N–H and O–H groups in total. The van der Waals surface area contributed by atoms with E-state index in [0.717, 1.165) is 44.1 Å². The number of nitrogens with zero attached hydrogens (tertiary/aromatic N) is 4. The molecule has 3 rings (SSSR count). The van der Waals surface area contributed by atoms with E-state index >= 15 is 0 Å². The van der Waals surface area contributed by atoms with E-state index in [4.69, 9.17) is 5.26 Å². The Morgan fingerprint density at radius 1 is 1.18 bits per heavy atom. The van der Waals surface area contributed by atoms with E-state index in [1.54, 1.807) is 37.3 Å². The van der Waals surface area contributed by atoms with Gasteiger partial charge in [-0.25, -0.2) is 4.79 Å². The minimum Gasteiger partial charge on any atom is -0.477 e. The molecular weight excluding hydrogens is 456 g/mol. The fraction of sp³-hybridized carbons (Fsp3) is 0.391. The second-order valence-corrected chi connectivity index (χ2v) is 8.95. The molecular formula is C23H28N6O4S. The SMILES string of the molecule is CCn1c(=C(C#N)C(=O)O)sc(=CNc2ccc(NC(=O)CCN3CCN(C)CC3)cc2)c1=O. The normalized spacial score (nSPS) is 16.1. The second-order valence-electron chi connectivity index (χ2n) is 7.92. The maximum atomic E-state index is 12.6. The fourth-order valence-corrected chi connectivity index (χ4v) is 4.61. The molecule has 10 nitrogen and oxygen atoms in total. The third-order valence-corrected chi connectivity index (χ3v) is 6.68. The fourth-order valence-electron chi connectivity index (χ4n) is 3.53. The average molecular weight is 485 g/mol. The van der Waals surface area contributed by atoms with Gasteiger partial charge >= 0.3 is 5.97 Å². The molecule has 1 aromatic heterocycles. The number of likely N-dealkylation sites (N-methyl/N-ethyl adjacent to an activating group) is 1. The summed E-state index contributed by atoms with van der Waals surface area (Å²) in [6.45, 7) is 6.68. The Morgan fingerprint density at radius 3 is 2.41 bits per heavy atom. The summed E-state index contributed by atoms with van der Waals surface area (Å²) in [6.07, 6.45) is 1.92. The number of amides is 1. The maximum Gasteiger partial charge on any atom is 0.349 e. The third kappa shape index (κ3) is 6.32. The Balaban J connectivity index is 1.63. The Morgan fingerprint density at radius 2 is 1.82 bits per heavy atom. The minimum absolute atomic E-state index is 0.0413. The van der Waals surface area contributed by atoms with Gasteiger partial charge in [0.15, 0.2) is 5.57 Å². The first-order chi connectivity index (χ1) is 16.3. The van der Waals surface area contributed by atoms with Crippen LogP contribution in [0.2, 0.25) is 0 Å². The molecule has 0 unspecified atom stereocenters. The van der Waals surface area contributed by atoms with Gasteiger partial charge in [0.25, 0.3) is 5.56 Å². The zero-order valence-corrected chi connectivity index (χ0v) is 20.0. The molecule has 1 aromatic carbocycles. The summed E-state index contributed by atoms with van der Waals surface area (Å²) in [5.74, 6) is -1.41. The van der Waals surface area contributed by atoms with Crippen LogP contribution in [-0.4, -0.2) is 71.1 Å². The van der Waals surface area contributed by atoms with Crippen LogP contribution in [0.4, 0.5) is 11.4 Å². The van der Waals surface area contributed by atoms with E-state index in [1.165, 1.54) is 10.8 Å². The van der Waals surface area contributed by atoms with Gasteiger partial charge in [0.1, 0.15) is 15.3 Å². The van der Waals surface area contributed by atoms with Crippen molar-refractivity contribution in [1.82, 2.24) is 14.4 Å². The molecule has 180 valence electrons. The minimum atomic E-state index is -1.37. The van der Waals surface area contributed by atoms with Gasteiger partial charge in [-0.15, -0.1) is 11.3 Å². The molecule has 0 saturated carbocycles.